The second-order valence-electron chi connectivity index (χ2n) is 6.41. The van der Waals surface area contributed by atoms with Gasteiger partial charge in [0.25, 0.3) is 5.91 Å². The Morgan fingerprint density at radius 3 is 3.04 bits per heavy atom. The van der Waals surface area contributed by atoms with Crippen LogP contribution in [0, 0.1) is 6.92 Å². The molecule has 0 saturated carbocycles. The molecule has 0 spiro atoms. The molecule has 0 bridgehead atoms. The van der Waals surface area contributed by atoms with Crippen molar-refractivity contribution in [2.75, 3.05) is 13.7 Å². The van der Waals surface area contributed by atoms with E-state index >= 15 is 0 Å². The number of hydrogen-bond donors (Lipinski definition) is 3. The third-order valence-corrected chi connectivity index (χ3v) is 4.25. The van der Waals surface area contributed by atoms with Gasteiger partial charge in [-0.2, -0.15) is 5.10 Å². The highest BCUT2D eigenvalue weighted by atomic mass is 127. The quantitative estimate of drug-likeness (QED) is 0.313. The SMILES string of the molecule is CN=C(NCc1cccc(OCC(N)=O)c1)NC1CCCn2nc(C)nc21.I. The van der Waals surface area contributed by atoms with Crippen LogP contribution in [0.25, 0.3) is 0 Å². The number of nitrogens with one attached hydrogen (secondary N) is 2. The number of rotatable bonds is 6. The lowest BCUT2D eigenvalue weighted by atomic mass is 10.1. The standard InChI is InChI=1S/C18H25N7O2.HI/c1-12-22-17-15(7-4-8-25(17)24-12)23-18(20-2)21-10-13-5-3-6-14(9-13)27-11-16(19)26;/h3,5-6,9,15H,4,7-8,10-11H2,1-2H3,(H2,19,26)(H2,20,21,23);1H. The van der Waals surface area contributed by atoms with Crippen LogP contribution >= 0.6 is 24.0 Å². The van der Waals surface area contributed by atoms with Crippen molar-refractivity contribution in [2.45, 2.75) is 38.9 Å². The summed E-state index contributed by atoms with van der Waals surface area (Å²) in [4.78, 5) is 19.7. The summed E-state index contributed by atoms with van der Waals surface area (Å²) in [6.45, 7) is 3.23. The van der Waals surface area contributed by atoms with Gasteiger partial charge in [-0.1, -0.05) is 12.1 Å². The average molecular weight is 499 g/mol. The summed E-state index contributed by atoms with van der Waals surface area (Å²) in [5, 5.41) is 11.1. The molecule has 1 unspecified atom stereocenters. The van der Waals surface area contributed by atoms with Crippen molar-refractivity contribution in [3.8, 4) is 5.75 Å². The first kappa shape index (κ1) is 21.9. The number of nitrogens with zero attached hydrogens (tertiary/aromatic N) is 4. The molecular weight excluding hydrogens is 473 g/mol. The van der Waals surface area contributed by atoms with E-state index < -0.39 is 5.91 Å². The Balaban J connectivity index is 0.00000280. The highest BCUT2D eigenvalue weighted by molar-refractivity contribution is 14.0. The molecule has 1 atom stereocenters. The number of hydrogen-bond acceptors (Lipinski definition) is 5. The molecule has 9 nitrogen and oxygen atoms in total. The fraction of sp³-hybridized carbons (Fsp3) is 0.444. The van der Waals surface area contributed by atoms with Crippen molar-refractivity contribution in [1.82, 2.24) is 25.4 Å². The summed E-state index contributed by atoms with van der Waals surface area (Å²) in [5.41, 5.74) is 6.11. The molecule has 152 valence electrons. The second kappa shape index (κ2) is 10.2. The molecule has 2 heterocycles. The van der Waals surface area contributed by atoms with Gasteiger partial charge in [-0.05, 0) is 37.5 Å². The van der Waals surface area contributed by atoms with E-state index in [4.69, 9.17) is 10.5 Å². The molecule has 1 aromatic heterocycles. The number of primary amides is 1. The molecular formula is C18H26IN7O2. The number of carbonyl (C=O) groups is 1. The Morgan fingerprint density at radius 1 is 1.46 bits per heavy atom. The second-order valence-corrected chi connectivity index (χ2v) is 6.41. The Labute approximate surface area is 181 Å². The molecule has 0 saturated heterocycles. The van der Waals surface area contributed by atoms with Crippen LogP contribution in [0.1, 0.15) is 36.1 Å². The van der Waals surface area contributed by atoms with Crippen LogP contribution < -0.4 is 21.1 Å². The third kappa shape index (κ3) is 5.81. The monoisotopic (exact) mass is 499 g/mol. The zero-order valence-electron chi connectivity index (χ0n) is 16.0. The maximum atomic E-state index is 10.8. The fourth-order valence-electron chi connectivity index (χ4n) is 3.05. The van der Waals surface area contributed by atoms with Gasteiger partial charge in [0.05, 0.1) is 6.04 Å². The van der Waals surface area contributed by atoms with E-state index in [9.17, 15) is 4.79 Å². The number of aryl methyl sites for hydroxylation is 2. The molecule has 1 aromatic carbocycles. The fourth-order valence-corrected chi connectivity index (χ4v) is 3.05. The van der Waals surface area contributed by atoms with Crippen molar-refractivity contribution >= 4 is 35.8 Å². The Kier molecular flexibility index (Phi) is 8.03. The average Bonchev–Trinajstić information content (AvgIpc) is 3.05. The van der Waals surface area contributed by atoms with Gasteiger partial charge in [0.15, 0.2) is 12.6 Å². The minimum absolute atomic E-state index is 0. The molecule has 10 heteroatoms. The number of guanidine groups is 1. The van der Waals surface area contributed by atoms with Crippen LogP contribution in [0.2, 0.25) is 0 Å². The van der Waals surface area contributed by atoms with Crippen LogP contribution in [0.3, 0.4) is 0 Å². The highest BCUT2D eigenvalue weighted by Crippen LogP contribution is 2.22. The molecule has 0 radical (unpaired) electrons. The van der Waals surface area contributed by atoms with E-state index in [1.165, 1.54) is 0 Å². The first-order chi connectivity index (χ1) is 13.0. The summed E-state index contributed by atoms with van der Waals surface area (Å²) in [6, 6.07) is 7.57. The van der Waals surface area contributed by atoms with Gasteiger partial charge in [-0.3, -0.25) is 9.79 Å². The van der Waals surface area contributed by atoms with Gasteiger partial charge < -0.3 is 21.1 Å². The van der Waals surface area contributed by atoms with Gasteiger partial charge in [-0.15, -0.1) is 24.0 Å². The number of fused-ring (bicyclic) bond motifs is 1. The lowest BCUT2D eigenvalue weighted by Gasteiger charge is -2.25. The zero-order valence-corrected chi connectivity index (χ0v) is 18.3. The van der Waals surface area contributed by atoms with Crippen molar-refractivity contribution in [1.29, 1.82) is 0 Å². The summed E-state index contributed by atoms with van der Waals surface area (Å²) in [7, 11) is 1.74. The topological polar surface area (TPSA) is 119 Å². The molecule has 0 aliphatic carbocycles. The van der Waals surface area contributed by atoms with E-state index in [2.05, 4.69) is 25.7 Å². The lowest BCUT2D eigenvalue weighted by Crippen LogP contribution is -2.41. The van der Waals surface area contributed by atoms with Crippen molar-refractivity contribution in [3.63, 3.8) is 0 Å². The highest BCUT2D eigenvalue weighted by Gasteiger charge is 2.24. The number of amides is 1. The number of halogens is 1. The van der Waals surface area contributed by atoms with Crippen molar-refractivity contribution < 1.29 is 9.53 Å². The summed E-state index contributed by atoms with van der Waals surface area (Å²) >= 11 is 0. The molecule has 1 aliphatic heterocycles. The van der Waals surface area contributed by atoms with E-state index in [0.717, 1.165) is 36.6 Å². The molecule has 0 fully saturated rings. The Morgan fingerprint density at radius 2 is 2.29 bits per heavy atom. The van der Waals surface area contributed by atoms with E-state index in [0.29, 0.717) is 18.3 Å². The van der Waals surface area contributed by atoms with E-state index in [1.54, 1.807) is 13.1 Å². The maximum Gasteiger partial charge on any atom is 0.255 e. The molecule has 4 N–H and O–H groups in total. The molecule has 3 rings (SSSR count). The minimum atomic E-state index is -0.501. The van der Waals surface area contributed by atoms with Crippen molar-refractivity contribution in [2.24, 2.45) is 10.7 Å². The number of ether oxygens (including phenoxy) is 1. The van der Waals surface area contributed by atoms with Crippen LogP contribution in [0.5, 0.6) is 5.75 Å². The van der Waals surface area contributed by atoms with Crippen LogP contribution in [-0.2, 0) is 17.9 Å². The largest absolute Gasteiger partial charge is 0.484 e. The first-order valence-electron chi connectivity index (χ1n) is 8.93. The minimum Gasteiger partial charge on any atom is -0.484 e. The van der Waals surface area contributed by atoms with Crippen LogP contribution in [0.4, 0.5) is 0 Å². The zero-order chi connectivity index (χ0) is 19.2. The summed E-state index contributed by atoms with van der Waals surface area (Å²) in [5.74, 6) is 2.53. The predicted molar refractivity (Wildman–Crippen MR) is 117 cm³/mol. The third-order valence-electron chi connectivity index (χ3n) is 4.25. The van der Waals surface area contributed by atoms with Gasteiger partial charge >= 0.3 is 0 Å². The smallest absolute Gasteiger partial charge is 0.255 e. The van der Waals surface area contributed by atoms with Crippen LogP contribution in [0.15, 0.2) is 29.3 Å². The Bertz CT molecular complexity index is 837. The predicted octanol–water partition coefficient (Wildman–Crippen LogP) is 1.27. The Hall–Kier alpha value is -2.37. The van der Waals surface area contributed by atoms with Gasteiger partial charge in [0.1, 0.15) is 17.4 Å². The number of benzene rings is 1. The number of nitrogens with two attached hydrogens (primary N) is 1. The van der Waals surface area contributed by atoms with E-state index in [-0.39, 0.29) is 36.6 Å². The van der Waals surface area contributed by atoms with Gasteiger partial charge in [-0.25, -0.2) is 9.67 Å². The molecule has 1 aliphatic rings. The molecule has 1 amide bonds. The van der Waals surface area contributed by atoms with Gasteiger partial charge in [0, 0.05) is 20.1 Å². The summed E-state index contributed by atoms with van der Waals surface area (Å²) < 4.78 is 7.30. The number of aromatic nitrogens is 3. The number of carbonyl (C=O) groups excluding carboxylic acids is 1. The number of aliphatic imine (C=N–C) groups is 1. The first-order valence-corrected chi connectivity index (χ1v) is 8.93. The molecule has 2 aromatic rings. The van der Waals surface area contributed by atoms with Crippen molar-refractivity contribution in [3.05, 3.63) is 41.5 Å². The normalized spacial score (nSPS) is 15.9. The van der Waals surface area contributed by atoms with Crippen LogP contribution in [-0.4, -0.2) is 40.3 Å². The van der Waals surface area contributed by atoms with Gasteiger partial charge in [0.2, 0.25) is 0 Å². The molecule has 28 heavy (non-hydrogen) atoms. The lowest BCUT2D eigenvalue weighted by molar-refractivity contribution is -0.119. The van der Waals surface area contributed by atoms with E-state index in [1.807, 2.05) is 29.8 Å². The summed E-state index contributed by atoms with van der Waals surface area (Å²) in [6.07, 6.45) is 2.03. The maximum absolute atomic E-state index is 10.8.